The van der Waals surface area contributed by atoms with Crippen molar-refractivity contribution in [1.29, 1.82) is 0 Å². The molecule has 3 fully saturated rings. The van der Waals surface area contributed by atoms with Gasteiger partial charge in [0.25, 0.3) is 5.91 Å². The van der Waals surface area contributed by atoms with E-state index >= 15 is 0 Å². The maximum atomic E-state index is 14.6. The Balaban J connectivity index is 1.19. The van der Waals surface area contributed by atoms with Crippen LogP contribution < -0.4 is 5.32 Å². The van der Waals surface area contributed by atoms with Crippen LogP contribution in [0.3, 0.4) is 0 Å². The summed E-state index contributed by atoms with van der Waals surface area (Å²) < 4.78 is 14.6. The molecule has 6 rings (SSSR count). The number of likely N-dealkylation sites (N-methyl/N-ethyl adjacent to an activating group) is 1. The molecule has 2 unspecified atom stereocenters. The van der Waals surface area contributed by atoms with Crippen molar-refractivity contribution in [3.05, 3.63) is 36.1 Å². The van der Waals surface area contributed by atoms with E-state index in [9.17, 15) is 14.0 Å². The number of hydrogen-bond acceptors (Lipinski definition) is 4. The fourth-order valence-corrected chi connectivity index (χ4v) is 8.53. The molecule has 0 spiro atoms. The van der Waals surface area contributed by atoms with Crippen LogP contribution in [0.5, 0.6) is 0 Å². The molecule has 3 heterocycles. The summed E-state index contributed by atoms with van der Waals surface area (Å²) in [7, 11) is 1.75. The van der Waals surface area contributed by atoms with E-state index in [-0.39, 0.29) is 28.7 Å². The molecule has 8 heteroatoms. The number of carbonyl (C=O) groups is 2. The van der Waals surface area contributed by atoms with Crippen molar-refractivity contribution in [3.8, 4) is 0 Å². The van der Waals surface area contributed by atoms with Gasteiger partial charge in [0.05, 0.1) is 12.1 Å². The van der Waals surface area contributed by atoms with E-state index in [0.717, 1.165) is 44.0 Å². The molecule has 7 atom stereocenters. The Morgan fingerprint density at radius 3 is 2.86 bits per heavy atom. The van der Waals surface area contributed by atoms with Crippen LogP contribution in [0, 0.1) is 34.5 Å². The highest BCUT2D eigenvalue weighted by Gasteiger charge is 2.62. The predicted molar refractivity (Wildman–Crippen MR) is 129 cm³/mol. The number of nitrogens with one attached hydrogen (secondary N) is 2. The number of nitrogens with zero attached hydrogens (tertiary/aromatic N) is 3. The number of aromatic nitrogens is 3. The summed E-state index contributed by atoms with van der Waals surface area (Å²) in [5.74, 6) is 0.954. The van der Waals surface area contributed by atoms with Gasteiger partial charge in [0.2, 0.25) is 5.91 Å². The molecule has 3 aliphatic carbocycles. The van der Waals surface area contributed by atoms with Gasteiger partial charge >= 0.3 is 0 Å². The first-order chi connectivity index (χ1) is 16.7. The Kier molecular flexibility index (Phi) is 5.10. The SMILES string of the molecule is CN1C(=O)C(F)=C[C@]2(C)C3CC[C@]4(C)[C@@H](C(=O)NCc5nc6ncccc6[nH]5)CC[C@H]4[C@@H]3CCC12. The van der Waals surface area contributed by atoms with Crippen molar-refractivity contribution >= 4 is 23.0 Å². The second kappa shape index (κ2) is 7.87. The zero-order valence-corrected chi connectivity index (χ0v) is 20.7. The molecule has 2 N–H and O–H groups in total. The standard InChI is InChI=1S/C27H34FN5O2/c1-26-11-10-17-15(6-9-21-27(17,2)13-19(28)25(35)33(21)3)16(26)7-8-18(26)24(34)30-14-22-31-20-5-4-12-29-23(20)32-22/h4-5,12-13,15-18,21H,6-11,14H2,1-3H3,(H,30,34)(H,29,31,32)/t15-,16-,17?,18+,21?,26-,27+/m0/s1. The first-order valence-electron chi connectivity index (χ1n) is 12.9. The van der Waals surface area contributed by atoms with Gasteiger partial charge in [-0.15, -0.1) is 0 Å². The van der Waals surface area contributed by atoms with Crippen LogP contribution in [-0.4, -0.2) is 44.8 Å². The zero-order chi connectivity index (χ0) is 24.5. The third-order valence-corrected chi connectivity index (χ3v) is 10.2. The highest BCUT2D eigenvalue weighted by Crippen LogP contribution is 2.65. The van der Waals surface area contributed by atoms with Crippen LogP contribution in [0.2, 0.25) is 0 Å². The summed E-state index contributed by atoms with van der Waals surface area (Å²) in [6.45, 7) is 4.82. The van der Waals surface area contributed by atoms with E-state index in [2.05, 4.69) is 34.1 Å². The van der Waals surface area contributed by atoms with Crippen molar-refractivity contribution in [2.24, 2.45) is 34.5 Å². The molecule has 0 saturated heterocycles. The van der Waals surface area contributed by atoms with E-state index in [0.29, 0.717) is 35.8 Å². The Morgan fingerprint density at radius 2 is 2.06 bits per heavy atom. The number of aromatic amines is 1. The van der Waals surface area contributed by atoms with E-state index in [4.69, 9.17) is 0 Å². The number of carbonyl (C=O) groups excluding carboxylic acids is 2. The minimum atomic E-state index is -0.607. The lowest BCUT2D eigenvalue weighted by atomic mass is 9.47. The summed E-state index contributed by atoms with van der Waals surface area (Å²) in [5.41, 5.74) is 1.13. The van der Waals surface area contributed by atoms with Gasteiger partial charge in [-0.25, -0.2) is 14.4 Å². The summed E-state index contributed by atoms with van der Waals surface area (Å²) in [6.07, 6.45) is 9.14. The van der Waals surface area contributed by atoms with Gasteiger partial charge in [-0.3, -0.25) is 9.59 Å². The topological polar surface area (TPSA) is 91.0 Å². The highest BCUT2D eigenvalue weighted by atomic mass is 19.1. The molecule has 1 aliphatic heterocycles. The van der Waals surface area contributed by atoms with Crippen LogP contribution in [0.4, 0.5) is 4.39 Å². The van der Waals surface area contributed by atoms with Gasteiger partial charge in [-0.05, 0) is 79.9 Å². The normalized spacial score (nSPS) is 38.5. The predicted octanol–water partition coefficient (Wildman–Crippen LogP) is 4.13. The monoisotopic (exact) mass is 479 g/mol. The maximum Gasteiger partial charge on any atom is 0.282 e. The summed E-state index contributed by atoms with van der Waals surface area (Å²) in [6, 6.07) is 3.84. The van der Waals surface area contributed by atoms with Crippen molar-refractivity contribution in [2.75, 3.05) is 7.05 Å². The Morgan fingerprint density at radius 1 is 1.23 bits per heavy atom. The fraction of sp³-hybridized carbons (Fsp3) is 0.630. The maximum absolute atomic E-state index is 14.6. The summed E-state index contributed by atoms with van der Waals surface area (Å²) in [5, 5.41) is 3.14. The number of rotatable bonds is 3. The lowest BCUT2D eigenvalue weighted by Gasteiger charge is -2.60. The van der Waals surface area contributed by atoms with Crippen molar-refractivity contribution in [3.63, 3.8) is 0 Å². The molecule has 2 amide bonds. The van der Waals surface area contributed by atoms with Gasteiger partial charge < -0.3 is 15.2 Å². The Hall–Kier alpha value is -2.77. The first-order valence-corrected chi connectivity index (χ1v) is 12.9. The van der Waals surface area contributed by atoms with E-state index < -0.39 is 11.7 Å². The highest BCUT2D eigenvalue weighted by molar-refractivity contribution is 5.92. The third-order valence-electron chi connectivity index (χ3n) is 10.2. The minimum absolute atomic E-state index is 0.0237. The first kappa shape index (κ1) is 22.7. The van der Waals surface area contributed by atoms with Crippen LogP contribution in [0.25, 0.3) is 11.2 Å². The number of imidazole rings is 1. The average molecular weight is 480 g/mol. The number of amides is 2. The van der Waals surface area contributed by atoms with Crippen LogP contribution in [-0.2, 0) is 16.1 Å². The van der Waals surface area contributed by atoms with E-state index in [1.807, 2.05) is 12.1 Å². The third kappa shape index (κ3) is 3.28. The largest absolute Gasteiger partial charge is 0.349 e. The molecular formula is C27H34FN5O2. The molecule has 0 bridgehead atoms. The smallest absolute Gasteiger partial charge is 0.282 e. The van der Waals surface area contributed by atoms with E-state index in [1.165, 1.54) is 0 Å². The second-order valence-corrected chi connectivity index (χ2v) is 11.7. The van der Waals surface area contributed by atoms with Crippen molar-refractivity contribution in [1.82, 2.24) is 25.2 Å². The molecule has 2 aromatic heterocycles. The number of hydrogen-bond donors (Lipinski definition) is 2. The molecule has 186 valence electrons. The number of H-pyrrole nitrogens is 1. The molecule has 4 aliphatic rings. The molecule has 35 heavy (non-hydrogen) atoms. The molecule has 0 radical (unpaired) electrons. The van der Waals surface area contributed by atoms with Gasteiger partial charge in [0.15, 0.2) is 11.5 Å². The van der Waals surface area contributed by atoms with Crippen molar-refractivity contribution in [2.45, 2.75) is 65.0 Å². The van der Waals surface area contributed by atoms with Gasteiger partial charge in [0.1, 0.15) is 5.82 Å². The Labute approximate surface area is 205 Å². The zero-order valence-electron chi connectivity index (χ0n) is 20.7. The summed E-state index contributed by atoms with van der Waals surface area (Å²) >= 11 is 0. The van der Waals surface area contributed by atoms with Gasteiger partial charge in [-0.1, -0.05) is 13.8 Å². The second-order valence-electron chi connectivity index (χ2n) is 11.7. The number of fused-ring (bicyclic) bond motifs is 6. The Bertz CT molecular complexity index is 1190. The number of pyridine rings is 1. The van der Waals surface area contributed by atoms with Crippen LogP contribution in [0.15, 0.2) is 30.2 Å². The van der Waals surface area contributed by atoms with Gasteiger partial charge in [-0.2, -0.15) is 0 Å². The lowest BCUT2D eigenvalue weighted by Crippen LogP contribution is -2.60. The van der Waals surface area contributed by atoms with E-state index in [1.54, 1.807) is 24.2 Å². The number of halogens is 1. The average Bonchev–Trinajstić information content (AvgIpc) is 3.41. The summed E-state index contributed by atoms with van der Waals surface area (Å²) in [4.78, 5) is 39.3. The molecule has 7 nitrogen and oxygen atoms in total. The molecule has 0 aromatic carbocycles. The molecular weight excluding hydrogens is 445 g/mol. The quantitative estimate of drug-likeness (QED) is 0.693. The van der Waals surface area contributed by atoms with Crippen LogP contribution in [0.1, 0.15) is 58.2 Å². The van der Waals surface area contributed by atoms with Crippen molar-refractivity contribution < 1.29 is 14.0 Å². The lowest BCUT2D eigenvalue weighted by molar-refractivity contribution is -0.145. The molecule has 2 aromatic rings. The fourth-order valence-electron chi connectivity index (χ4n) is 8.53. The van der Waals surface area contributed by atoms with Gasteiger partial charge in [0, 0.05) is 30.6 Å². The van der Waals surface area contributed by atoms with Crippen LogP contribution >= 0.6 is 0 Å². The molecule has 3 saturated carbocycles. The minimum Gasteiger partial charge on any atom is -0.349 e.